The third kappa shape index (κ3) is 8.74. The Bertz CT molecular complexity index is 334. The van der Waals surface area contributed by atoms with E-state index in [4.69, 9.17) is 4.74 Å². The Kier molecular flexibility index (Phi) is 7.33. The number of amides is 1. The summed E-state index contributed by atoms with van der Waals surface area (Å²) >= 11 is 0. The summed E-state index contributed by atoms with van der Waals surface area (Å²) in [5.41, 5.74) is 0.261. The lowest BCUT2D eigenvalue weighted by molar-refractivity contribution is -0.133. The van der Waals surface area contributed by atoms with Crippen molar-refractivity contribution < 1.29 is 9.53 Å². The molecule has 0 unspecified atom stereocenters. The molecule has 0 bridgehead atoms. The van der Waals surface area contributed by atoms with E-state index < -0.39 is 0 Å². The predicted octanol–water partition coefficient (Wildman–Crippen LogP) is 3.16. The van der Waals surface area contributed by atoms with Crippen molar-refractivity contribution in [3.8, 4) is 0 Å². The highest BCUT2D eigenvalue weighted by Crippen LogP contribution is 2.22. The molecule has 1 aliphatic rings. The Balaban J connectivity index is 2.17. The quantitative estimate of drug-likeness (QED) is 0.755. The van der Waals surface area contributed by atoms with Gasteiger partial charge in [0.25, 0.3) is 0 Å². The number of carbonyl (C=O) groups excluding carboxylic acids is 1. The molecule has 1 heterocycles. The van der Waals surface area contributed by atoms with E-state index in [-0.39, 0.29) is 5.60 Å². The van der Waals surface area contributed by atoms with Crippen LogP contribution in [-0.2, 0) is 9.53 Å². The second-order valence-corrected chi connectivity index (χ2v) is 8.60. The minimum Gasteiger partial charge on any atom is -0.375 e. The zero-order chi connectivity index (χ0) is 16.8. The molecular formula is C18H36N2O2. The van der Waals surface area contributed by atoms with Gasteiger partial charge in [0, 0.05) is 39.1 Å². The first kappa shape index (κ1) is 19.4. The van der Waals surface area contributed by atoms with Gasteiger partial charge in [0.2, 0.25) is 5.91 Å². The van der Waals surface area contributed by atoms with E-state index in [1.54, 1.807) is 0 Å². The van der Waals surface area contributed by atoms with Crippen LogP contribution in [0.4, 0.5) is 0 Å². The largest absolute Gasteiger partial charge is 0.375 e. The van der Waals surface area contributed by atoms with Crippen molar-refractivity contribution in [2.75, 3.05) is 39.3 Å². The van der Waals surface area contributed by atoms with Crippen LogP contribution >= 0.6 is 0 Å². The standard InChI is InChI=1S/C18H36N2O2/c1-17(2,3)9-7-8-16(21)20-12-10-19(11-13-20)14-15-22-18(4,5)6/h7-15H2,1-6H3. The Hall–Kier alpha value is -0.610. The van der Waals surface area contributed by atoms with Gasteiger partial charge >= 0.3 is 0 Å². The Labute approximate surface area is 137 Å². The van der Waals surface area contributed by atoms with Crippen LogP contribution in [0.3, 0.4) is 0 Å². The highest BCUT2D eigenvalue weighted by Gasteiger charge is 2.21. The summed E-state index contributed by atoms with van der Waals surface area (Å²) in [5.74, 6) is 0.329. The molecule has 0 aromatic carbocycles. The fourth-order valence-electron chi connectivity index (χ4n) is 2.63. The number of ether oxygens (including phenoxy) is 1. The van der Waals surface area contributed by atoms with Crippen molar-refractivity contribution in [2.24, 2.45) is 5.41 Å². The van der Waals surface area contributed by atoms with Crippen LogP contribution in [0.15, 0.2) is 0 Å². The number of hydrogen-bond acceptors (Lipinski definition) is 3. The van der Waals surface area contributed by atoms with Crippen LogP contribution < -0.4 is 0 Å². The number of piperazine rings is 1. The van der Waals surface area contributed by atoms with Gasteiger partial charge in [0.15, 0.2) is 0 Å². The van der Waals surface area contributed by atoms with E-state index in [1.165, 1.54) is 0 Å². The van der Waals surface area contributed by atoms with Gasteiger partial charge in [0.05, 0.1) is 12.2 Å². The smallest absolute Gasteiger partial charge is 0.222 e. The van der Waals surface area contributed by atoms with Crippen molar-refractivity contribution in [3.63, 3.8) is 0 Å². The van der Waals surface area contributed by atoms with E-state index in [0.717, 1.165) is 52.2 Å². The molecule has 22 heavy (non-hydrogen) atoms. The van der Waals surface area contributed by atoms with Gasteiger partial charge in [-0.25, -0.2) is 0 Å². The van der Waals surface area contributed by atoms with E-state index >= 15 is 0 Å². The van der Waals surface area contributed by atoms with Gasteiger partial charge in [-0.15, -0.1) is 0 Å². The van der Waals surface area contributed by atoms with Gasteiger partial charge in [0.1, 0.15) is 0 Å². The van der Waals surface area contributed by atoms with Crippen LogP contribution in [0.5, 0.6) is 0 Å². The molecule has 0 radical (unpaired) electrons. The van der Waals surface area contributed by atoms with Gasteiger partial charge in [-0.2, -0.15) is 0 Å². The Morgan fingerprint density at radius 3 is 2.09 bits per heavy atom. The van der Waals surface area contributed by atoms with E-state index in [1.807, 2.05) is 4.90 Å². The molecule has 1 fully saturated rings. The first-order valence-electron chi connectivity index (χ1n) is 8.71. The minimum atomic E-state index is -0.0646. The molecule has 0 aromatic heterocycles. The second kappa shape index (κ2) is 8.30. The van der Waals surface area contributed by atoms with Gasteiger partial charge in [-0.3, -0.25) is 9.69 Å². The summed E-state index contributed by atoms with van der Waals surface area (Å²) in [7, 11) is 0. The zero-order valence-corrected chi connectivity index (χ0v) is 15.6. The highest BCUT2D eigenvalue weighted by atomic mass is 16.5. The highest BCUT2D eigenvalue weighted by molar-refractivity contribution is 5.76. The maximum Gasteiger partial charge on any atom is 0.222 e. The molecule has 1 amide bonds. The fourth-order valence-corrected chi connectivity index (χ4v) is 2.63. The minimum absolute atomic E-state index is 0.0646. The molecule has 0 spiro atoms. The van der Waals surface area contributed by atoms with Crippen LogP contribution in [0.1, 0.15) is 60.8 Å². The molecule has 130 valence electrons. The topological polar surface area (TPSA) is 32.8 Å². The molecule has 1 saturated heterocycles. The van der Waals surface area contributed by atoms with Crippen molar-refractivity contribution in [2.45, 2.75) is 66.4 Å². The second-order valence-electron chi connectivity index (χ2n) is 8.60. The Morgan fingerprint density at radius 2 is 1.59 bits per heavy atom. The molecule has 0 aliphatic carbocycles. The summed E-state index contributed by atoms with van der Waals surface area (Å²) in [6.45, 7) is 18.3. The van der Waals surface area contributed by atoms with Crippen LogP contribution in [0.2, 0.25) is 0 Å². The predicted molar refractivity (Wildman–Crippen MR) is 92.0 cm³/mol. The van der Waals surface area contributed by atoms with E-state index in [0.29, 0.717) is 17.7 Å². The summed E-state index contributed by atoms with van der Waals surface area (Å²) in [5, 5.41) is 0. The van der Waals surface area contributed by atoms with Crippen LogP contribution in [0, 0.1) is 5.41 Å². The summed E-state index contributed by atoms with van der Waals surface area (Å²) in [6, 6.07) is 0. The molecule has 0 N–H and O–H groups in total. The van der Waals surface area contributed by atoms with Crippen molar-refractivity contribution in [1.29, 1.82) is 0 Å². The van der Waals surface area contributed by atoms with Crippen molar-refractivity contribution in [1.82, 2.24) is 9.80 Å². The SMILES string of the molecule is CC(C)(C)CCCC(=O)N1CCN(CCOC(C)(C)C)CC1. The molecule has 1 aliphatic heterocycles. The molecule has 0 atom stereocenters. The zero-order valence-electron chi connectivity index (χ0n) is 15.6. The maximum absolute atomic E-state index is 12.2. The van der Waals surface area contributed by atoms with Gasteiger partial charge in [-0.05, 0) is 39.0 Å². The lowest BCUT2D eigenvalue weighted by atomic mass is 9.90. The molecule has 4 nitrogen and oxygen atoms in total. The average Bonchev–Trinajstić information content (AvgIpc) is 2.36. The molecule has 0 aromatic rings. The number of rotatable bonds is 6. The number of nitrogens with zero attached hydrogens (tertiary/aromatic N) is 2. The van der Waals surface area contributed by atoms with E-state index in [2.05, 4.69) is 46.4 Å². The lowest BCUT2D eigenvalue weighted by Crippen LogP contribution is -2.49. The fraction of sp³-hybridized carbons (Fsp3) is 0.944. The van der Waals surface area contributed by atoms with Crippen LogP contribution in [-0.4, -0.2) is 60.6 Å². The van der Waals surface area contributed by atoms with Crippen molar-refractivity contribution in [3.05, 3.63) is 0 Å². The first-order chi connectivity index (χ1) is 10.1. The summed E-state index contributed by atoms with van der Waals surface area (Å²) < 4.78 is 5.77. The number of carbonyl (C=O) groups is 1. The van der Waals surface area contributed by atoms with Gasteiger partial charge in [-0.1, -0.05) is 20.8 Å². The summed E-state index contributed by atoms with van der Waals surface area (Å²) in [4.78, 5) is 16.6. The average molecular weight is 312 g/mol. The van der Waals surface area contributed by atoms with Crippen LogP contribution in [0.25, 0.3) is 0 Å². The molecule has 0 saturated carbocycles. The number of hydrogen-bond donors (Lipinski definition) is 0. The molecular weight excluding hydrogens is 276 g/mol. The normalized spacial score (nSPS) is 17.8. The van der Waals surface area contributed by atoms with Crippen molar-refractivity contribution >= 4 is 5.91 Å². The third-order valence-electron chi connectivity index (χ3n) is 3.99. The molecule has 1 rings (SSSR count). The van der Waals surface area contributed by atoms with Gasteiger partial charge < -0.3 is 9.64 Å². The summed E-state index contributed by atoms with van der Waals surface area (Å²) in [6.07, 6.45) is 2.81. The molecule has 4 heteroatoms. The monoisotopic (exact) mass is 312 g/mol. The Morgan fingerprint density at radius 1 is 1.00 bits per heavy atom. The lowest BCUT2D eigenvalue weighted by Gasteiger charge is -2.35. The van der Waals surface area contributed by atoms with E-state index in [9.17, 15) is 4.79 Å². The maximum atomic E-state index is 12.2. The third-order valence-corrected chi connectivity index (χ3v) is 3.99. The first-order valence-corrected chi connectivity index (χ1v) is 8.71.